The molecule has 2 aromatic carbocycles. The molecule has 2 rings (SSSR count). The maximum Gasteiger partial charge on any atom is 0.311 e. The van der Waals surface area contributed by atoms with Crippen molar-refractivity contribution < 1.29 is 9.66 Å². The predicted octanol–water partition coefficient (Wildman–Crippen LogP) is 3.74. The standard InChI is InChI=1S/C14H12BrN3O3/c1-8-2-5-13(12(6-8)18(19)20)21-9-3-4-10(14(16)17)11(15)7-9/h2-7H,1H3,(H3,16,17). The third-order valence-electron chi connectivity index (χ3n) is 2.77. The summed E-state index contributed by atoms with van der Waals surface area (Å²) in [5, 5.41) is 18.4. The first-order valence-electron chi connectivity index (χ1n) is 5.95. The maximum absolute atomic E-state index is 11.0. The van der Waals surface area contributed by atoms with Crippen LogP contribution in [0.4, 0.5) is 5.69 Å². The lowest BCUT2D eigenvalue weighted by Crippen LogP contribution is -2.11. The first-order valence-corrected chi connectivity index (χ1v) is 6.74. The number of aryl methyl sites for hydroxylation is 1. The minimum absolute atomic E-state index is 0.0743. The number of nitrogens with two attached hydrogens (primary N) is 1. The number of halogens is 1. The average molecular weight is 350 g/mol. The Balaban J connectivity index is 2.37. The van der Waals surface area contributed by atoms with Crippen molar-refractivity contribution in [3.05, 3.63) is 62.1 Å². The number of nitrogen functional groups attached to an aromatic ring is 1. The van der Waals surface area contributed by atoms with Gasteiger partial charge in [-0.15, -0.1) is 0 Å². The molecular formula is C14H12BrN3O3. The van der Waals surface area contributed by atoms with Gasteiger partial charge in [0.1, 0.15) is 11.6 Å². The number of ether oxygens (including phenoxy) is 1. The van der Waals surface area contributed by atoms with E-state index in [2.05, 4.69) is 15.9 Å². The molecule has 0 saturated heterocycles. The van der Waals surface area contributed by atoms with Crippen molar-refractivity contribution in [3.63, 3.8) is 0 Å². The summed E-state index contributed by atoms with van der Waals surface area (Å²) in [5.41, 5.74) is 6.63. The lowest BCUT2D eigenvalue weighted by atomic mass is 10.2. The molecule has 3 N–H and O–H groups in total. The van der Waals surface area contributed by atoms with E-state index >= 15 is 0 Å². The Labute approximate surface area is 129 Å². The van der Waals surface area contributed by atoms with Gasteiger partial charge in [-0.05, 0) is 52.7 Å². The minimum atomic E-state index is -0.485. The first-order chi connectivity index (χ1) is 9.88. The van der Waals surface area contributed by atoms with Gasteiger partial charge in [0.2, 0.25) is 5.75 Å². The zero-order valence-electron chi connectivity index (χ0n) is 11.1. The van der Waals surface area contributed by atoms with E-state index in [-0.39, 0.29) is 17.3 Å². The molecule has 21 heavy (non-hydrogen) atoms. The number of nitro groups is 1. The number of hydrogen-bond acceptors (Lipinski definition) is 4. The van der Waals surface area contributed by atoms with Crippen LogP contribution in [0.2, 0.25) is 0 Å². The highest BCUT2D eigenvalue weighted by atomic mass is 79.9. The Hall–Kier alpha value is -2.41. The zero-order valence-corrected chi connectivity index (χ0v) is 12.7. The van der Waals surface area contributed by atoms with Gasteiger partial charge in [0, 0.05) is 16.1 Å². The van der Waals surface area contributed by atoms with E-state index in [1.807, 2.05) is 0 Å². The highest BCUT2D eigenvalue weighted by Crippen LogP contribution is 2.33. The highest BCUT2D eigenvalue weighted by Gasteiger charge is 2.16. The first kappa shape index (κ1) is 15.0. The predicted molar refractivity (Wildman–Crippen MR) is 83.1 cm³/mol. The molecule has 0 atom stereocenters. The summed E-state index contributed by atoms with van der Waals surface area (Å²) in [4.78, 5) is 10.6. The monoisotopic (exact) mass is 349 g/mol. The van der Waals surface area contributed by atoms with E-state index in [0.717, 1.165) is 5.56 Å². The van der Waals surface area contributed by atoms with Gasteiger partial charge < -0.3 is 10.5 Å². The lowest BCUT2D eigenvalue weighted by molar-refractivity contribution is -0.385. The van der Waals surface area contributed by atoms with Gasteiger partial charge in [0.05, 0.1) is 4.92 Å². The molecular weight excluding hydrogens is 338 g/mol. The van der Waals surface area contributed by atoms with Gasteiger partial charge in [-0.3, -0.25) is 15.5 Å². The molecule has 0 radical (unpaired) electrons. The third-order valence-corrected chi connectivity index (χ3v) is 3.43. The van der Waals surface area contributed by atoms with Gasteiger partial charge in [-0.2, -0.15) is 0 Å². The SMILES string of the molecule is Cc1ccc(Oc2ccc(C(=N)N)c(Br)c2)c([N+](=O)[O-])c1. The lowest BCUT2D eigenvalue weighted by Gasteiger charge is -2.09. The van der Waals surface area contributed by atoms with Crippen molar-refractivity contribution in [2.45, 2.75) is 6.92 Å². The highest BCUT2D eigenvalue weighted by molar-refractivity contribution is 9.10. The van der Waals surface area contributed by atoms with E-state index < -0.39 is 4.92 Å². The molecule has 0 fully saturated rings. The Kier molecular flexibility index (Phi) is 4.23. The number of nitrogens with one attached hydrogen (secondary N) is 1. The van der Waals surface area contributed by atoms with Crippen LogP contribution in [0, 0.1) is 22.4 Å². The second kappa shape index (κ2) is 5.92. The number of hydrogen-bond donors (Lipinski definition) is 2. The van der Waals surface area contributed by atoms with Crippen LogP contribution in [0.1, 0.15) is 11.1 Å². The van der Waals surface area contributed by atoms with Crippen LogP contribution in [0.25, 0.3) is 0 Å². The van der Waals surface area contributed by atoms with Crippen molar-refractivity contribution in [1.82, 2.24) is 0 Å². The largest absolute Gasteiger partial charge is 0.450 e. The van der Waals surface area contributed by atoms with Crippen LogP contribution in [-0.4, -0.2) is 10.8 Å². The summed E-state index contributed by atoms with van der Waals surface area (Å²) in [6.07, 6.45) is 0. The van der Waals surface area contributed by atoms with Crippen LogP contribution in [0.15, 0.2) is 40.9 Å². The summed E-state index contributed by atoms with van der Waals surface area (Å²) in [6, 6.07) is 9.57. The summed E-state index contributed by atoms with van der Waals surface area (Å²) >= 11 is 3.29. The Morgan fingerprint density at radius 2 is 2.05 bits per heavy atom. The molecule has 0 spiro atoms. The number of amidine groups is 1. The fourth-order valence-corrected chi connectivity index (χ4v) is 2.33. The van der Waals surface area contributed by atoms with E-state index in [0.29, 0.717) is 15.8 Å². The van der Waals surface area contributed by atoms with Crippen molar-refractivity contribution in [1.29, 1.82) is 5.41 Å². The fraction of sp³-hybridized carbons (Fsp3) is 0.0714. The quantitative estimate of drug-likeness (QED) is 0.379. The molecule has 7 heteroatoms. The molecule has 0 aliphatic rings. The average Bonchev–Trinajstić information content (AvgIpc) is 2.40. The minimum Gasteiger partial charge on any atom is -0.450 e. The number of benzene rings is 2. The molecule has 0 unspecified atom stereocenters. The van der Waals surface area contributed by atoms with Crippen LogP contribution in [-0.2, 0) is 0 Å². The molecule has 0 aliphatic carbocycles. The smallest absolute Gasteiger partial charge is 0.311 e. The fourth-order valence-electron chi connectivity index (χ4n) is 1.76. The van der Waals surface area contributed by atoms with Crippen LogP contribution in [0.5, 0.6) is 11.5 Å². The molecule has 108 valence electrons. The van der Waals surface area contributed by atoms with Gasteiger partial charge >= 0.3 is 5.69 Å². The molecule has 0 bridgehead atoms. The van der Waals surface area contributed by atoms with Gasteiger partial charge in [-0.25, -0.2) is 0 Å². The van der Waals surface area contributed by atoms with Crippen molar-refractivity contribution in [2.24, 2.45) is 5.73 Å². The molecule has 0 amide bonds. The Morgan fingerprint density at radius 1 is 1.33 bits per heavy atom. The normalized spacial score (nSPS) is 10.2. The van der Waals surface area contributed by atoms with Crippen molar-refractivity contribution in [2.75, 3.05) is 0 Å². The van der Waals surface area contributed by atoms with Crippen molar-refractivity contribution in [3.8, 4) is 11.5 Å². The Morgan fingerprint density at radius 3 is 2.62 bits per heavy atom. The second-order valence-corrected chi connectivity index (χ2v) is 5.24. The number of nitrogens with zero attached hydrogens (tertiary/aromatic N) is 1. The topological polar surface area (TPSA) is 102 Å². The van der Waals surface area contributed by atoms with Gasteiger partial charge in [0.15, 0.2) is 0 Å². The molecule has 6 nitrogen and oxygen atoms in total. The number of nitro benzene ring substituents is 1. The summed E-state index contributed by atoms with van der Waals surface area (Å²) in [7, 11) is 0. The van der Waals surface area contributed by atoms with Crippen LogP contribution >= 0.6 is 15.9 Å². The van der Waals surface area contributed by atoms with Gasteiger partial charge in [0.25, 0.3) is 0 Å². The van der Waals surface area contributed by atoms with E-state index in [1.165, 1.54) is 6.07 Å². The molecule has 0 aliphatic heterocycles. The third kappa shape index (κ3) is 3.38. The molecule has 0 aromatic heterocycles. The van der Waals surface area contributed by atoms with Crippen LogP contribution in [0.3, 0.4) is 0 Å². The molecule has 0 saturated carbocycles. The van der Waals surface area contributed by atoms with Crippen LogP contribution < -0.4 is 10.5 Å². The second-order valence-electron chi connectivity index (χ2n) is 4.39. The maximum atomic E-state index is 11.0. The summed E-state index contributed by atoms with van der Waals surface area (Å²) < 4.78 is 6.14. The number of rotatable bonds is 4. The van der Waals surface area contributed by atoms with Crippen molar-refractivity contribution >= 4 is 27.5 Å². The van der Waals surface area contributed by atoms with E-state index in [1.54, 1.807) is 37.3 Å². The summed E-state index contributed by atoms with van der Waals surface area (Å²) in [6.45, 7) is 1.77. The zero-order chi connectivity index (χ0) is 15.6. The van der Waals surface area contributed by atoms with Gasteiger partial charge in [-0.1, -0.05) is 6.07 Å². The van der Waals surface area contributed by atoms with E-state index in [9.17, 15) is 10.1 Å². The molecule has 0 heterocycles. The summed E-state index contributed by atoms with van der Waals surface area (Å²) in [5.74, 6) is 0.502. The molecule has 2 aromatic rings. The Bertz CT molecular complexity index is 731. The van der Waals surface area contributed by atoms with E-state index in [4.69, 9.17) is 15.9 Å².